The lowest BCUT2D eigenvalue weighted by atomic mass is 9.88. The van der Waals surface area contributed by atoms with Gasteiger partial charge < -0.3 is 24.6 Å². The molecule has 0 aliphatic carbocycles. The van der Waals surface area contributed by atoms with Crippen LogP contribution in [0.15, 0.2) is 29.7 Å². The SMILES string of the molecule is COC(=O)C1=C(NC(C)(C)C)Oc2c(O)cccc2C1C(=O)OC. The zero-order valence-electron chi connectivity index (χ0n) is 14.3. The van der Waals surface area contributed by atoms with Gasteiger partial charge in [0.05, 0.1) is 14.2 Å². The molecule has 1 unspecified atom stereocenters. The predicted octanol–water partition coefficient (Wildman–Crippen LogP) is 1.81. The number of hydrogen-bond acceptors (Lipinski definition) is 7. The third-order valence-electron chi connectivity index (χ3n) is 3.40. The molecule has 0 saturated carbocycles. The number of esters is 2. The number of nitrogens with one attached hydrogen (secondary N) is 1. The van der Waals surface area contributed by atoms with E-state index in [0.717, 1.165) is 0 Å². The molecule has 1 heterocycles. The summed E-state index contributed by atoms with van der Waals surface area (Å²) in [7, 11) is 2.45. The van der Waals surface area contributed by atoms with Gasteiger partial charge in [0.2, 0.25) is 5.88 Å². The number of phenolic OH excluding ortho intramolecular Hbond substituents is 1. The van der Waals surface area contributed by atoms with Crippen LogP contribution in [0.1, 0.15) is 32.3 Å². The smallest absolute Gasteiger partial charge is 0.340 e. The maximum Gasteiger partial charge on any atom is 0.340 e. The van der Waals surface area contributed by atoms with E-state index in [-0.39, 0.29) is 23.0 Å². The largest absolute Gasteiger partial charge is 0.504 e. The minimum atomic E-state index is -1.07. The van der Waals surface area contributed by atoms with E-state index in [1.165, 1.54) is 20.3 Å². The minimum Gasteiger partial charge on any atom is -0.504 e. The Hall–Kier alpha value is -2.70. The van der Waals surface area contributed by atoms with Gasteiger partial charge in [-0.25, -0.2) is 4.79 Å². The molecule has 1 aliphatic heterocycles. The summed E-state index contributed by atoms with van der Waals surface area (Å²) < 4.78 is 15.4. The molecule has 2 rings (SSSR count). The summed E-state index contributed by atoms with van der Waals surface area (Å²) in [4.78, 5) is 24.7. The first-order valence-corrected chi connectivity index (χ1v) is 7.37. The number of hydrogen-bond donors (Lipinski definition) is 2. The van der Waals surface area contributed by atoms with Crippen LogP contribution >= 0.6 is 0 Å². The molecular formula is C17H21NO6. The number of benzene rings is 1. The lowest BCUT2D eigenvalue weighted by molar-refractivity contribution is -0.145. The van der Waals surface area contributed by atoms with Crippen LogP contribution in [0.5, 0.6) is 11.5 Å². The third kappa shape index (κ3) is 3.29. The van der Waals surface area contributed by atoms with E-state index in [9.17, 15) is 14.7 Å². The zero-order valence-corrected chi connectivity index (χ0v) is 14.3. The molecule has 0 saturated heterocycles. The van der Waals surface area contributed by atoms with Gasteiger partial charge in [-0.05, 0) is 26.8 Å². The van der Waals surface area contributed by atoms with Gasteiger partial charge in [0.1, 0.15) is 11.5 Å². The Morgan fingerprint density at radius 1 is 1.21 bits per heavy atom. The second-order valence-corrected chi connectivity index (χ2v) is 6.36. The lowest BCUT2D eigenvalue weighted by Gasteiger charge is -2.32. The van der Waals surface area contributed by atoms with Crippen LogP contribution in [-0.2, 0) is 19.1 Å². The highest BCUT2D eigenvalue weighted by Crippen LogP contribution is 2.44. The molecule has 0 spiro atoms. The molecular weight excluding hydrogens is 314 g/mol. The fourth-order valence-corrected chi connectivity index (χ4v) is 2.44. The standard InChI is InChI=1S/C17H21NO6/c1-17(2,3)18-14-12(16(21)23-5)11(15(20)22-4)9-7-6-8-10(19)13(9)24-14/h6-8,11,18-19H,1-5H3. The lowest BCUT2D eigenvalue weighted by Crippen LogP contribution is -2.41. The molecule has 24 heavy (non-hydrogen) atoms. The molecule has 0 amide bonds. The number of rotatable bonds is 3. The van der Waals surface area contributed by atoms with Gasteiger partial charge in [-0.1, -0.05) is 12.1 Å². The van der Waals surface area contributed by atoms with Gasteiger partial charge in [-0.2, -0.15) is 0 Å². The van der Waals surface area contributed by atoms with Crippen molar-refractivity contribution in [2.24, 2.45) is 0 Å². The molecule has 130 valence electrons. The molecule has 2 N–H and O–H groups in total. The van der Waals surface area contributed by atoms with Crippen LogP contribution < -0.4 is 10.1 Å². The summed E-state index contributed by atoms with van der Waals surface area (Å²) in [6.07, 6.45) is 0. The maximum absolute atomic E-state index is 12.4. The number of carbonyl (C=O) groups is 2. The van der Waals surface area contributed by atoms with Gasteiger partial charge in [-0.3, -0.25) is 4.79 Å². The second kappa shape index (κ2) is 6.43. The Kier molecular flexibility index (Phi) is 4.73. The van der Waals surface area contributed by atoms with Gasteiger partial charge in [-0.15, -0.1) is 0 Å². The Balaban J connectivity index is 2.70. The van der Waals surface area contributed by atoms with E-state index in [4.69, 9.17) is 14.2 Å². The number of para-hydroxylation sites is 1. The molecule has 1 aromatic carbocycles. The van der Waals surface area contributed by atoms with E-state index in [1.807, 2.05) is 20.8 Å². The number of methoxy groups -OCH3 is 2. The predicted molar refractivity (Wildman–Crippen MR) is 85.4 cm³/mol. The fraction of sp³-hybridized carbons (Fsp3) is 0.412. The van der Waals surface area contributed by atoms with Crippen LogP contribution in [0.3, 0.4) is 0 Å². The molecule has 0 aromatic heterocycles. The Morgan fingerprint density at radius 3 is 2.42 bits per heavy atom. The first kappa shape index (κ1) is 17.7. The van der Waals surface area contributed by atoms with Crippen molar-refractivity contribution in [2.75, 3.05) is 14.2 Å². The minimum absolute atomic E-state index is 0.00243. The van der Waals surface area contributed by atoms with Crippen molar-refractivity contribution in [3.63, 3.8) is 0 Å². The van der Waals surface area contributed by atoms with Crippen LogP contribution in [0.25, 0.3) is 0 Å². The van der Waals surface area contributed by atoms with E-state index in [2.05, 4.69) is 5.32 Å². The van der Waals surface area contributed by atoms with E-state index < -0.39 is 23.4 Å². The van der Waals surface area contributed by atoms with Crippen molar-refractivity contribution in [3.05, 3.63) is 35.2 Å². The van der Waals surface area contributed by atoms with Crippen molar-refractivity contribution < 1.29 is 28.9 Å². The number of phenols is 1. The average molecular weight is 335 g/mol. The van der Waals surface area contributed by atoms with Crippen molar-refractivity contribution in [2.45, 2.75) is 32.2 Å². The Bertz CT molecular complexity index is 702. The summed E-state index contributed by atoms with van der Waals surface area (Å²) in [5, 5.41) is 13.1. The van der Waals surface area contributed by atoms with E-state index in [1.54, 1.807) is 12.1 Å². The molecule has 1 aromatic rings. The van der Waals surface area contributed by atoms with Crippen molar-refractivity contribution in [3.8, 4) is 11.5 Å². The summed E-state index contributed by atoms with van der Waals surface area (Å²) >= 11 is 0. The summed E-state index contributed by atoms with van der Waals surface area (Å²) in [6, 6.07) is 4.59. The van der Waals surface area contributed by atoms with Crippen LogP contribution in [0, 0.1) is 0 Å². The quantitative estimate of drug-likeness (QED) is 0.814. The molecule has 7 heteroatoms. The molecule has 1 atom stereocenters. The van der Waals surface area contributed by atoms with Crippen molar-refractivity contribution in [1.29, 1.82) is 0 Å². The first-order valence-electron chi connectivity index (χ1n) is 7.37. The number of carbonyl (C=O) groups excluding carboxylic acids is 2. The van der Waals surface area contributed by atoms with E-state index >= 15 is 0 Å². The second-order valence-electron chi connectivity index (χ2n) is 6.36. The van der Waals surface area contributed by atoms with Crippen LogP contribution in [0.2, 0.25) is 0 Å². The zero-order chi connectivity index (χ0) is 18.1. The van der Waals surface area contributed by atoms with Gasteiger partial charge >= 0.3 is 11.9 Å². The number of aromatic hydroxyl groups is 1. The highest BCUT2D eigenvalue weighted by Gasteiger charge is 2.42. The van der Waals surface area contributed by atoms with Crippen molar-refractivity contribution >= 4 is 11.9 Å². The molecule has 1 aliphatic rings. The molecule has 0 fully saturated rings. The highest BCUT2D eigenvalue weighted by atomic mass is 16.5. The van der Waals surface area contributed by atoms with Crippen LogP contribution in [0.4, 0.5) is 0 Å². The van der Waals surface area contributed by atoms with Gasteiger partial charge in [0.15, 0.2) is 11.5 Å². The first-order chi connectivity index (χ1) is 11.2. The fourth-order valence-electron chi connectivity index (χ4n) is 2.44. The molecule has 7 nitrogen and oxygen atoms in total. The highest BCUT2D eigenvalue weighted by molar-refractivity contribution is 6.00. The maximum atomic E-state index is 12.4. The van der Waals surface area contributed by atoms with Gasteiger partial charge in [0, 0.05) is 11.1 Å². The molecule has 0 bridgehead atoms. The molecule has 0 radical (unpaired) electrons. The van der Waals surface area contributed by atoms with Crippen molar-refractivity contribution in [1.82, 2.24) is 5.32 Å². The third-order valence-corrected chi connectivity index (χ3v) is 3.40. The topological polar surface area (TPSA) is 94.1 Å². The number of ether oxygens (including phenoxy) is 3. The van der Waals surface area contributed by atoms with Crippen LogP contribution in [-0.4, -0.2) is 36.8 Å². The monoisotopic (exact) mass is 335 g/mol. The average Bonchev–Trinajstić information content (AvgIpc) is 2.51. The Labute approximate surface area is 140 Å². The number of fused-ring (bicyclic) bond motifs is 1. The van der Waals surface area contributed by atoms with Gasteiger partial charge in [0.25, 0.3) is 0 Å². The summed E-state index contributed by atoms with van der Waals surface area (Å²) in [5.74, 6) is -2.42. The summed E-state index contributed by atoms with van der Waals surface area (Å²) in [5.41, 5.74) is -0.129. The van der Waals surface area contributed by atoms with E-state index in [0.29, 0.717) is 5.56 Å². The normalized spacial score (nSPS) is 16.8. The Morgan fingerprint density at radius 2 is 1.88 bits per heavy atom. The summed E-state index contributed by atoms with van der Waals surface area (Å²) in [6.45, 7) is 5.60.